The quantitative estimate of drug-likeness (QED) is 0.344. The third-order valence-electron chi connectivity index (χ3n) is 1.27. The number of aliphatic imine (C=N–C) groups is 1. The average molecular weight is 155 g/mol. The van der Waals surface area contributed by atoms with E-state index in [1.807, 2.05) is 0 Å². The van der Waals surface area contributed by atoms with Crippen molar-refractivity contribution in [3.63, 3.8) is 0 Å². The first kappa shape index (κ1) is 8.07. The van der Waals surface area contributed by atoms with E-state index in [2.05, 4.69) is 22.4 Å². The van der Waals surface area contributed by atoms with Crippen LogP contribution in [0.15, 0.2) is 17.6 Å². The lowest BCUT2D eigenvalue weighted by Gasteiger charge is -2.14. The van der Waals surface area contributed by atoms with E-state index in [4.69, 9.17) is 4.84 Å². The van der Waals surface area contributed by atoms with Crippen molar-refractivity contribution in [2.45, 2.75) is 6.42 Å². The summed E-state index contributed by atoms with van der Waals surface area (Å²) in [5, 5.41) is 3.06. The Kier molecular flexibility index (Phi) is 3.47. The predicted octanol–water partition coefficient (Wildman–Crippen LogP) is 0.0429. The normalized spacial score (nSPS) is 16.5. The molecule has 1 heterocycles. The number of hydrogen-bond donors (Lipinski definition) is 2. The Labute approximate surface area is 66.3 Å². The van der Waals surface area contributed by atoms with Gasteiger partial charge in [-0.2, -0.15) is 0 Å². The first-order valence-corrected chi connectivity index (χ1v) is 3.70. The molecule has 0 aromatic rings. The van der Waals surface area contributed by atoms with Gasteiger partial charge in [-0.3, -0.25) is 9.83 Å². The molecule has 0 saturated heterocycles. The van der Waals surface area contributed by atoms with E-state index in [1.165, 1.54) is 0 Å². The van der Waals surface area contributed by atoms with Crippen LogP contribution in [0.5, 0.6) is 0 Å². The number of guanidine groups is 1. The maximum atomic E-state index is 4.96. The van der Waals surface area contributed by atoms with Crippen LogP contribution in [-0.4, -0.2) is 25.7 Å². The summed E-state index contributed by atoms with van der Waals surface area (Å²) in [4.78, 5) is 9.10. The van der Waals surface area contributed by atoms with Gasteiger partial charge in [0, 0.05) is 13.1 Å². The van der Waals surface area contributed by atoms with Crippen molar-refractivity contribution >= 4 is 5.96 Å². The summed E-state index contributed by atoms with van der Waals surface area (Å²) in [7, 11) is 0. The lowest BCUT2D eigenvalue weighted by Crippen LogP contribution is -2.40. The maximum absolute atomic E-state index is 4.96. The van der Waals surface area contributed by atoms with Gasteiger partial charge in [0.05, 0.1) is 6.61 Å². The number of nitrogens with one attached hydrogen (secondary N) is 2. The minimum atomic E-state index is 0.487. The number of rotatable bonds is 3. The third-order valence-corrected chi connectivity index (χ3v) is 1.27. The number of hydrogen-bond acceptors (Lipinski definition) is 4. The highest BCUT2D eigenvalue weighted by atomic mass is 16.6. The van der Waals surface area contributed by atoms with Crippen LogP contribution < -0.4 is 10.8 Å². The Bertz CT molecular complexity index is 156. The highest BCUT2D eigenvalue weighted by Crippen LogP contribution is 1.86. The SMILES string of the molecule is C=CCONC1=NCCCN1. The van der Waals surface area contributed by atoms with Gasteiger partial charge in [-0.1, -0.05) is 6.08 Å². The smallest absolute Gasteiger partial charge is 0.215 e. The van der Waals surface area contributed by atoms with E-state index < -0.39 is 0 Å². The largest absolute Gasteiger partial charge is 0.355 e. The minimum absolute atomic E-state index is 0.487. The van der Waals surface area contributed by atoms with Crippen LogP contribution in [0.25, 0.3) is 0 Å². The van der Waals surface area contributed by atoms with E-state index >= 15 is 0 Å². The van der Waals surface area contributed by atoms with Crippen molar-refractivity contribution in [3.05, 3.63) is 12.7 Å². The summed E-state index contributed by atoms with van der Waals surface area (Å²) in [6.45, 7) is 5.83. The second-order valence-electron chi connectivity index (χ2n) is 2.21. The molecule has 2 N–H and O–H groups in total. The molecular weight excluding hydrogens is 142 g/mol. The van der Waals surface area contributed by atoms with Gasteiger partial charge < -0.3 is 5.32 Å². The molecule has 0 spiro atoms. The Balaban J connectivity index is 2.14. The summed E-state index contributed by atoms with van der Waals surface area (Å²) in [6.07, 6.45) is 2.77. The van der Waals surface area contributed by atoms with E-state index in [0.717, 1.165) is 25.5 Å². The topological polar surface area (TPSA) is 45.6 Å². The van der Waals surface area contributed by atoms with Gasteiger partial charge in [0.25, 0.3) is 0 Å². The Morgan fingerprint density at radius 2 is 2.73 bits per heavy atom. The highest BCUT2D eigenvalue weighted by molar-refractivity contribution is 5.79. The molecule has 11 heavy (non-hydrogen) atoms. The lowest BCUT2D eigenvalue weighted by atomic mass is 10.4. The molecule has 0 saturated carbocycles. The first-order chi connectivity index (χ1) is 5.43. The van der Waals surface area contributed by atoms with Crippen LogP contribution >= 0.6 is 0 Å². The molecule has 0 bridgehead atoms. The van der Waals surface area contributed by atoms with E-state index in [-0.39, 0.29) is 0 Å². The number of hydroxylamine groups is 1. The molecule has 0 amide bonds. The van der Waals surface area contributed by atoms with Crippen LogP contribution in [0, 0.1) is 0 Å². The molecule has 1 aliphatic rings. The number of nitrogens with zero attached hydrogens (tertiary/aromatic N) is 1. The van der Waals surface area contributed by atoms with Crippen molar-refractivity contribution in [2.24, 2.45) is 4.99 Å². The van der Waals surface area contributed by atoms with Crippen molar-refractivity contribution in [1.29, 1.82) is 0 Å². The van der Waals surface area contributed by atoms with Gasteiger partial charge in [-0.25, -0.2) is 5.48 Å². The molecule has 1 rings (SSSR count). The molecule has 0 aliphatic carbocycles. The van der Waals surface area contributed by atoms with Crippen LogP contribution in [0.1, 0.15) is 6.42 Å². The fourth-order valence-corrected chi connectivity index (χ4v) is 0.770. The van der Waals surface area contributed by atoms with Crippen molar-refractivity contribution in [1.82, 2.24) is 10.8 Å². The predicted molar refractivity (Wildman–Crippen MR) is 44.2 cm³/mol. The Morgan fingerprint density at radius 1 is 1.82 bits per heavy atom. The lowest BCUT2D eigenvalue weighted by molar-refractivity contribution is 0.107. The maximum Gasteiger partial charge on any atom is 0.215 e. The zero-order chi connectivity index (χ0) is 7.94. The molecule has 0 aromatic heterocycles. The molecular formula is C7H13N3O. The molecule has 0 aromatic carbocycles. The summed E-state index contributed by atoms with van der Waals surface area (Å²) >= 11 is 0. The van der Waals surface area contributed by atoms with Crippen LogP contribution in [0.3, 0.4) is 0 Å². The van der Waals surface area contributed by atoms with Crippen molar-refractivity contribution < 1.29 is 4.84 Å². The van der Waals surface area contributed by atoms with E-state index in [0.29, 0.717) is 6.61 Å². The third kappa shape index (κ3) is 3.04. The van der Waals surface area contributed by atoms with Gasteiger partial charge in [0.2, 0.25) is 5.96 Å². The van der Waals surface area contributed by atoms with Crippen LogP contribution in [-0.2, 0) is 4.84 Å². The second kappa shape index (κ2) is 4.73. The monoisotopic (exact) mass is 155 g/mol. The van der Waals surface area contributed by atoms with Crippen LogP contribution in [0.2, 0.25) is 0 Å². The van der Waals surface area contributed by atoms with Crippen molar-refractivity contribution in [3.8, 4) is 0 Å². The molecule has 0 unspecified atom stereocenters. The first-order valence-electron chi connectivity index (χ1n) is 3.70. The summed E-state index contributed by atoms with van der Waals surface area (Å²) in [5.41, 5.74) is 2.69. The van der Waals surface area contributed by atoms with Gasteiger partial charge in [0.1, 0.15) is 0 Å². The Morgan fingerprint density at radius 3 is 3.36 bits per heavy atom. The molecule has 1 aliphatic heterocycles. The molecule has 0 radical (unpaired) electrons. The molecule has 0 atom stereocenters. The molecule has 62 valence electrons. The van der Waals surface area contributed by atoms with Gasteiger partial charge in [-0.05, 0) is 6.42 Å². The molecule has 4 nitrogen and oxygen atoms in total. The van der Waals surface area contributed by atoms with E-state index in [1.54, 1.807) is 6.08 Å². The summed E-state index contributed by atoms with van der Waals surface area (Å²) in [5.74, 6) is 0.720. The van der Waals surface area contributed by atoms with Crippen molar-refractivity contribution in [2.75, 3.05) is 19.7 Å². The van der Waals surface area contributed by atoms with Gasteiger partial charge in [-0.15, -0.1) is 6.58 Å². The summed E-state index contributed by atoms with van der Waals surface area (Å²) in [6, 6.07) is 0. The van der Waals surface area contributed by atoms with Crippen LogP contribution in [0.4, 0.5) is 0 Å². The zero-order valence-electron chi connectivity index (χ0n) is 6.47. The fraction of sp³-hybridized carbons (Fsp3) is 0.571. The second-order valence-corrected chi connectivity index (χ2v) is 2.21. The highest BCUT2D eigenvalue weighted by Gasteiger charge is 2.01. The minimum Gasteiger partial charge on any atom is -0.355 e. The van der Waals surface area contributed by atoms with Gasteiger partial charge in [0.15, 0.2) is 0 Å². The van der Waals surface area contributed by atoms with Gasteiger partial charge >= 0.3 is 0 Å². The van der Waals surface area contributed by atoms with E-state index in [9.17, 15) is 0 Å². The average Bonchev–Trinajstić information content (AvgIpc) is 2.07. The molecule has 0 fully saturated rings. The fourth-order valence-electron chi connectivity index (χ4n) is 0.770. The standard InChI is InChI=1S/C7H13N3O/c1-2-6-11-10-7-8-4-3-5-9-7/h2H,1,3-6H2,(H2,8,9,10). The zero-order valence-corrected chi connectivity index (χ0v) is 6.47. The Hall–Kier alpha value is -1.03. The summed E-state index contributed by atoms with van der Waals surface area (Å²) < 4.78 is 0. The molecule has 4 heteroatoms.